The molecule has 0 amide bonds. The monoisotopic (exact) mass is 152 g/mol. The van der Waals surface area contributed by atoms with Gasteiger partial charge in [-0.3, -0.25) is 0 Å². The van der Waals surface area contributed by atoms with E-state index in [1.807, 2.05) is 12.1 Å². The van der Waals surface area contributed by atoms with Crippen LogP contribution in [0, 0.1) is 0 Å². The molecule has 52 valence electrons. The number of thiol groups is 1. The summed E-state index contributed by atoms with van der Waals surface area (Å²) in [6.07, 6.45) is 0. The van der Waals surface area contributed by atoms with E-state index in [2.05, 4.69) is 24.8 Å². The Labute approximate surface area is 65.4 Å². The maximum Gasteiger partial charge on any atom is 0.126 e. The normalized spacial score (nSPS) is 22.7. The van der Waals surface area contributed by atoms with Gasteiger partial charge < -0.3 is 4.74 Å². The molecule has 0 aromatic heterocycles. The largest absolute Gasteiger partial charge is 0.358 e. The molecule has 1 aliphatic rings. The van der Waals surface area contributed by atoms with E-state index in [-0.39, 0.29) is 5.44 Å². The minimum absolute atomic E-state index is 0.00352. The van der Waals surface area contributed by atoms with Crippen LogP contribution in [0.15, 0.2) is 24.3 Å². The Kier molecular flexibility index (Phi) is 1.43. The molecule has 1 aromatic carbocycles. The zero-order valence-electron chi connectivity index (χ0n) is 5.45. The summed E-state index contributed by atoms with van der Waals surface area (Å²) < 4.78 is 5.29. The first-order valence-electron chi connectivity index (χ1n) is 3.25. The van der Waals surface area contributed by atoms with Gasteiger partial charge >= 0.3 is 0 Å². The third kappa shape index (κ3) is 0.842. The minimum atomic E-state index is -0.00352. The zero-order chi connectivity index (χ0) is 6.97. The summed E-state index contributed by atoms with van der Waals surface area (Å²) in [7, 11) is 0. The molecule has 1 aliphatic heterocycles. The van der Waals surface area contributed by atoms with Crippen molar-refractivity contribution in [2.75, 3.05) is 0 Å². The lowest BCUT2D eigenvalue weighted by atomic mass is 10.1. The van der Waals surface area contributed by atoms with E-state index in [1.165, 1.54) is 11.1 Å². The first-order chi connectivity index (χ1) is 4.88. The van der Waals surface area contributed by atoms with Crippen LogP contribution in [0.1, 0.15) is 16.6 Å². The van der Waals surface area contributed by atoms with Crippen LogP contribution in [-0.4, -0.2) is 0 Å². The summed E-state index contributed by atoms with van der Waals surface area (Å²) >= 11 is 4.25. The van der Waals surface area contributed by atoms with Crippen LogP contribution in [0.4, 0.5) is 0 Å². The molecule has 1 heterocycles. The summed E-state index contributed by atoms with van der Waals surface area (Å²) in [6, 6.07) is 8.16. The smallest absolute Gasteiger partial charge is 0.126 e. The Morgan fingerprint density at radius 1 is 1.40 bits per heavy atom. The van der Waals surface area contributed by atoms with Crippen LogP contribution < -0.4 is 0 Å². The van der Waals surface area contributed by atoms with Gasteiger partial charge in [-0.25, -0.2) is 0 Å². The Morgan fingerprint density at radius 2 is 2.20 bits per heavy atom. The quantitative estimate of drug-likeness (QED) is 0.560. The highest BCUT2D eigenvalue weighted by molar-refractivity contribution is 7.80. The minimum Gasteiger partial charge on any atom is -0.358 e. The highest BCUT2D eigenvalue weighted by Gasteiger charge is 2.17. The van der Waals surface area contributed by atoms with E-state index in [1.54, 1.807) is 0 Å². The van der Waals surface area contributed by atoms with E-state index in [9.17, 15) is 0 Å². The lowest BCUT2D eigenvalue weighted by molar-refractivity contribution is 0.128. The average molecular weight is 152 g/mol. The number of hydrogen-bond acceptors (Lipinski definition) is 2. The van der Waals surface area contributed by atoms with Crippen LogP contribution in [0.5, 0.6) is 0 Å². The molecule has 2 rings (SSSR count). The predicted octanol–water partition coefficient (Wildman–Crippen LogP) is 2.15. The fourth-order valence-corrected chi connectivity index (χ4v) is 1.49. The molecule has 1 aromatic rings. The Bertz CT molecular complexity index is 247. The number of fused-ring (bicyclic) bond motifs is 1. The van der Waals surface area contributed by atoms with Gasteiger partial charge in [0.1, 0.15) is 5.44 Å². The predicted molar refractivity (Wildman–Crippen MR) is 43.0 cm³/mol. The number of hydrogen-bond donors (Lipinski definition) is 1. The van der Waals surface area contributed by atoms with Crippen LogP contribution in [0.25, 0.3) is 0 Å². The van der Waals surface area contributed by atoms with Gasteiger partial charge in [-0.2, -0.15) is 0 Å². The first-order valence-corrected chi connectivity index (χ1v) is 3.77. The van der Waals surface area contributed by atoms with Crippen molar-refractivity contribution in [1.29, 1.82) is 0 Å². The van der Waals surface area contributed by atoms with Crippen molar-refractivity contribution in [1.82, 2.24) is 0 Å². The zero-order valence-corrected chi connectivity index (χ0v) is 6.34. The summed E-state index contributed by atoms with van der Waals surface area (Å²) in [5.74, 6) is 0. The highest BCUT2D eigenvalue weighted by Crippen LogP contribution is 2.32. The second kappa shape index (κ2) is 2.29. The van der Waals surface area contributed by atoms with E-state index in [0.29, 0.717) is 6.61 Å². The van der Waals surface area contributed by atoms with Crippen LogP contribution in [-0.2, 0) is 11.3 Å². The molecule has 0 spiro atoms. The fourth-order valence-electron chi connectivity index (χ4n) is 1.17. The summed E-state index contributed by atoms with van der Waals surface area (Å²) in [6.45, 7) is 0.713. The van der Waals surface area contributed by atoms with Crippen molar-refractivity contribution in [2.24, 2.45) is 0 Å². The third-order valence-corrected chi connectivity index (χ3v) is 2.15. The molecule has 0 fully saturated rings. The van der Waals surface area contributed by atoms with Crippen molar-refractivity contribution in [2.45, 2.75) is 12.0 Å². The fraction of sp³-hybridized carbons (Fsp3) is 0.250. The van der Waals surface area contributed by atoms with Crippen LogP contribution >= 0.6 is 12.6 Å². The van der Waals surface area contributed by atoms with E-state index < -0.39 is 0 Å². The molecule has 0 aliphatic carbocycles. The maximum absolute atomic E-state index is 5.29. The Balaban J connectivity index is 2.51. The summed E-state index contributed by atoms with van der Waals surface area (Å²) in [5, 5.41) is 0. The van der Waals surface area contributed by atoms with Crippen LogP contribution in [0.2, 0.25) is 0 Å². The van der Waals surface area contributed by atoms with Crippen molar-refractivity contribution in [3.63, 3.8) is 0 Å². The van der Waals surface area contributed by atoms with Crippen molar-refractivity contribution in [3.8, 4) is 0 Å². The molecule has 0 bridgehead atoms. The molecular formula is C8H8OS. The molecular weight excluding hydrogens is 144 g/mol. The van der Waals surface area contributed by atoms with E-state index in [0.717, 1.165) is 0 Å². The van der Waals surface area contributed by atoms with Gasteiger partial charge in [-0.15, -0.1) is 12.6 Å². The second-order valence-corrected chi connectivity index (χ2v) is 2.83. The molecule has 0 radical (unpaired) electrons. The third-order valence-electron chi connectivity index (χ3n) is 1.72. The molecule has 0 N–H and O–H groups in total. The van der Waals surface area contributed by atoms with E-state index >= 15 is 0 Å². The topological polar surface area (TPSA) is 9.23 Å². The van der Waals surface area contributed by atoms with Crippen molar-refractivity contribution < 1.29 is 4.74 Å². The SMILES string of the molecule is SC1OCc2ccccc21. The van der Waals surface area contributed by atoms with Gasteiger partial charge in [-0.05, 0) is 11.1 Å². The molecule has 1 atom stereocenters. The maximum atomic E-state index is 5.29. The molecule has 10 heavy (non-hydrogen) atoms. The van der Waals surface area contributed by atoms with Crippen molar-refractivity contribution in [3.05, 3.63) is 35.4 Å². The average Bonchev–Trinajstić information content (AvgIpc) is 2.34. The molecule has 1 unspecified atom stereocenters. The summed E-state index contributed by atoms with van der Waals surface area (Å²) in [4.78, 5) is 0. The van der Waals surface area contributed by atoms with Crippen LogP contribution in [0.3, 0.4) is 0 Å². The number of benzene rings is 1. The first kappa shape index (κ1) is 6.25. The molecule has 1 nitrogen and oxygen atoms in total. The highest BCUT2D eigenvalue weighted by atomic mass is 32.1. The molecule has 0 saturated heterocycles. The van der Waals surface area contributed by atoms with Gasteiger partial charge in [-0.1, -0.05) is 24.3 Å². The Morgan fingerprint density at radius 3 is 3.00 bits per heavy atom. The second-order valence-electron chi connectivity index (χ2n) is 2.36. The lowest BCUT2D eigenvalue weighted by Crippen LogP contribution is -1.82. The molecule has 2 heteroatoms. The standard InChI is InChI=1S/C8H8OS/c10-8-7-4-2-1-3-6(7)5-9-8/h1-4,8,10H,5H2. The van der Waals surface area contributed by atoms with Gasteiger partial charge in [0.15, 0.2) is 0 Å². The number of ether oxygens (including phenoxy) is 1. The van der Waals surface area contributed by atoms with Gasteiger partial charge in [0.25, 0.3) is 0 Å². The summed E-state index contributed by atoms with van der Waals surface area (Å²) in [5.41, 5.74) is 2.48. The number of rotatable bonds is 0. The van der Waals surface area contributed by atoms with Gasteiger partial charge in [0.2, 0.25) is 0 Å². The van der Waals surface area contributed by atoms with Gasteiger partial charge in [0.05, 0.1) is 6.61 Å². The van der Waals surface area contributed by atoms with Gasteiger partial charge in [0, 0.05) is 0 Å². The van der Waals surface area contributed by atoms with E-state index in [4.69, 9.17) is 4.74 Å². The lowest BCUT2D eigenvalue weighted by Gasteiger charge is -1.99. The molecule has 0 saturated carbocycles. The van der Waals surface area contributed by atoms with Crippen molar-refractivity contribution >= 4 is 12.6 Å². The Hall–Kier alpha value is -0.470.